The third kappa shape index (κ3) is 19.1. The molecule has 0 fully saturated rings. The topological polar surface area (TPSA) is 0 Å². The number of hydrogen-bond acceptors (Lipinski definition) is 0. The first-order chi connectivity index (χ1) is 63.9. The van der Waals surface area contributed by atoms with Crippen molar-refractivity contribution >= 4 is 10.8 Å². The average Bonchev–Trinajstić information content (AvgIpc) is 1.58. The normalized spacial score (nSPS) is 14.9. The predicted octanol–water partition coefficient (Wildman–Crippen LogP) is 40.0. The highest BCUT2D eigenvalue weighted by Gasteiger charge is 2.47. The Morgan fingerprint density at radius 3 is 0.654 bits per heavy atom. The Morgan fingerprint density at radius 2 is 0.362 bits per heavy atom. The highest BCUT2D eigenvalue weighted by atomic mass is 14.5. The Hall–Kier alpha value is -9.88. The average molecular weight is 1710 g/mol. The van der Waals surface area contributed by atoms with E-state index in [0.29, 0.717) is 0 Å². The van der Waals surface area contributed by atoms with Crippen LogP contribution in [0, 0.1) is 6.92 Å². The maximum Gasteiger partial charge on any atom is 0.0215 e. The lowest BCUT2D eigenvalue weighted by molar-refractivity contribution is 0.398. The van der Waals surface area contributed by atoms with Gasteiger partial charge >= 0.3 is 0 Å². The molecule has 0 bridgehead atoms. The largest absolute Gasteiger partial charge is 0.0654 e. The van der Waals surface area contributed by atoms with Crippen LogP contribution < -0.4 is 0 Å². The second-order valence-electron chi connectivity index (χ2n) is 41.2. The number of rotatable bonds is 48. The molecule has 1 unspecified atom stereocenters. The van der Waals surface area contributed by atoms with E-state index < -0.39 is 0 Å². The van der Waals surface area contributed by atoms with Crippen molar-refractivity contribution in [2.24, 2.45) is 0 Å². The van der Waals surface area contributed by atoms with Gasteiger partial charge in [0.05, 0.1) is 0 Å². The van der Waals surface area contributed by atoms with Crippen LogP contribution in [0.3, 0.4) is 0 Å². The zero-order chi connectivity index (χ0) is 89.4. The highest BCUT2D eigenvalue weighted by molar-refractivity contribution is 5.99. The minimum atomic E-state index is -0.164. The summed E-state index contributed by atoms with van der Waals surface area (Å²) in [6, 6.07) is 105. The van der Waals surface area contributed by atoms with Crippen LogP contribution in [-0.2, 0) is 21.7 Å². The van der Waals surface area contributed by atoms with Crippen molar-refractivity contribution in [3.8, 4) is 122 Å². The van der Waals surface area contributed by atoms with Crippen molar-refractivity contribution in [2.45, 2.75) is 347 Å². The van der Waals surface area contributed by atoms with E-state index in [1.807, 2.05) is 0 Å². The van der Waals surface area contributed by atoms with E-state index in [4.69, 9.17) is 0 Å². The van der Waals surface area contributed by atoms with E-state index in [2.05, 4.69) is 323 Å². The van der Waals surface area contributed by atoms with Crippen molar-refractivity contribution in [3.63, 3.8) is 0 Å². The van der Waals surface area contributed by atoms with Crippen LogP contribution in [0.15, 0.2) is 261 Å². The fraction of sp³-hybridized carbons (Fsp3) is 0.415. The van der Waals surface area contributed by atoms with Crippen LogP contribution in [0.4, 0.5) is 0 Å². The van der Waals surface area contributed by atoms with Gasteiger partial charge in [0.15, 0.2) is 0 Å². The quantitative estimate of drug-likeness (QED) is 0.0334. The first-order valence-corrected chi connectivity index (χ1v) is 52.8. The Kier molecular flexibility index (Phi) is 30.3. The van der Waals surface area contributed by atoms with E-state index in [1.54, 1.807) is 33.4 Å². The molecule has 13 aromatic rings. The standard InChI is InChI=1S/C130H152/c1-10-16-22-28-34-44-81-128(82-45-35-29-23-17-11-2)119-52-42-41-51-111(119)114-80-72-107(93-122(114)128)106-71-75-113-112-74-66-101(87-120(112)127(8,9)121(113)88-106)95-54-56-96(57-55-95)102-67-77-116-117-78-69-104(91-125(117)130(124(116)90-102,85-47-37-31-25-19-13-4)86-48-38-32-26-20-14-5)98-60-58-97(59-61-98)103-68-76-115-118-79-70-105(99-62-64-100(65-63-99)109-73-53-94(7)108-49-39-40-50-110(108)109)92-126(118)129(123(115)89-103,83-43-33-27-21-15-6)84-46-36-30-24-18-12-3/h39-42,49-80,87-93H,10-38,43-48,81-86H2,1-9H3. The minimum absolute atomic E-state index is 0.0565. The Balaban J connectivity index is 0.654. The molecule has 0 heteroatoms. The number of fused-ring (bicyclic) bond motifs is 13. The van der Waals surface area contributed by atoms with Gasteiger partial charge in [0.25, 0.3) is 0 Å². The fourth-order valence-electron chi connectivity index (χ4n) is 24.8. The second-order valence-corrected chi connectivity index (χ2v) is 41.2. The summed E-state index contributed by atoms with van der Waals surface area (Å²) in [6.07, 6.45) is 53.1. The summed E-state index contributed by atoms with van der Waals surface area (Å²) >= 11 is 0. The van der Waals surface area contributed by atoms with Gasteiger partial charge in [-0.15, -0.1) is 0 Å². The molecule has 0 radical (unpaired) electrons. The predicted molar refractivity (Wildman–Crippen MR) is 566 cm³/mol. The van der Waals surface area contributed by atoms with Crippen LogP contribution in [-0.4, -0.2) is 0 Å². The molecule has 0 saturated heterocycles. The van der Waals surface area contributed by atoms with Gasteiger partial charge in [-0.25, -0.2) is 0 Å². The molecular weight excluding hydrogens is 1560 g/mol. The summed E-state index contributed by atoms with van der Waals surface area (Å²) in [4.78, 5) is 0. The minimum Gasteiger partial charge on any atom is -0.0654 e. The van der Waals surface area contributed by atoms with E-state index in [9.17, 15) is 0 Å². The van der Waals surface area contributed by atoms with Gasteiger partial charge in [0, 0.05) is 21.7 Å². The maximum absolute atomic E-state index is 2.69. The molecule has 17 rings (SSSR count). The summed E-state index contributed by atoms with van der Waals surface area (Å²) in [7, 11) is 0. The van der Waals surface area contributed by atoms with Crippen molar-refractivity contribution < 1.29 is 0 Å². The summed E-state index contributed by atoms with van der Waals surface area (Å²) < 4.78 is 0. The van der Waals surface area contributed by atoms with E-state index >= 15 is 0 Å². The molecule has 13 aromatic carbocycles. The lowest BCUT2D eigenvalue weighted by Crippen LogP contribution is -2.25. The smallest absolute Gasteiger partial charge is 0.0215 e. The summed E-state index contributed by atoms with van der Waals surface area (Å²) in [5.41, 5.74) is 43.3. The summed E-state index contributed by atoms with van der Waals surface area (Å²) in [5, 5.41) is 2.66. The van der Waals surface area contributed by atoms with Gasteiger partial charge in [-0.3, -0.25) is 0 Å². The molecule has 0 amide bonds. The van der Waals surface area contributed by atoms with Crippen LogP contribution in [0.5, 0.6) is 0 Å². The molecule has 0 spiro atoms. The Labute approximate surface area is 785 Å². The van der Waals surface area contributed by atoms with Crippen molar-refractivity contribution in [1.29, 1.82) is 0 Å². The first kappa shape index (κ1) is 92.0. The first-order valence-electron chi connectivity index (χ1n) is 52.8. The zero-order valence-electron chi connectivity index (χ0n) is 81.3. The van der Waals surface area contributed by atoms with Crippen molar-refractivity contribution in [1.82, 2.24) is 0 Å². The Bertz CT molecular complexity index is 5940. The number of benzene rings is 13. The molecule has 0 N–H and O–H groups in total. The van der Waals surface area contributed by atoms with E-state index in [-0.39, 0.29) is 21.7 Å². The molecule has 4 aliphatic carbocycles. The molecule has 0 aliphatic heterocycles. The van der Waals surface area contributed by atoms with Gasteiger partial charge in [-0.2, -0.15) is 0 Å². The molecule has 0 nitrogen and oxygen atoms in total. The fourth-order valence-corrected chi connectivity index (χ4v) is 24.8. The number of hydrogen-bond donors (Lipinski definition) is 0. The third-order valence-electron chi connectivity index (χ3n) is 32.3. The molecule has 0 heterocycles. The SMILES string of the molecule is CCCCCCCCC1(CCCCCCC)c2cc(-c3ccc(-c4ccc5c(c4)C(CCCCCCCC)(CCCCCCCC)c4cc(-c6ccc(-c7ccc8c(c7)C(C)(C)c7cc(-c9ccc%10c(c9)C(CCCCCCCC)(CCCCCCCC)c9ccccc9-%10)ccc7-8)cc6)ccc4-5)cc3)ccc2-c2ccc(-c3ccc(-c4ccc(C)c5ccccc45)cc3)cc21. The van der Waals surface area contributed by atoms with E-state index in [1.165, 1.54) is 413 Å². The highest BCUT2D eigenvalue weighted by Crippen LogP contribution is 2.61. The Morgan fingerprint density at radius 1 is 0.162 bits per heavy atom. The molecule has 0 saturated carbocycles. The van der Waals surface area contributed by atoms with Crippen LogP contribution >= 0.6 is 0 Å². The van der Waals surface area contributed by atoms with E-state index in [0.717, 1.165) is 0 Å². The lowest BCUT2D eigenvalue weighted by atomic mass is 9.69. The van der Waals surface area contributed by atoms with Gasteiger partial charge in [-0.1, -0.05) is 499 Å². The van der Waals surface area contributed by atoms with Crippen molar-refractivity contribution in [3.05, 3.63) is 311 Å². The molecule has 672 valence electrons. The van der Waals surface area contributed by atoms with Crippen LogP contribution in [0.1, 0.15) is 369 Å². The lowest BCUT2D eigenvalue weighted by Gasteiger charge is -2.33. The van der Waals surface area contributed by atoms with Gasteiger partial charge in [-0.05, 0) is 271 Å². The summed E-state index contributed by atoms with van der Waals surface area (Å²) in [5.74, 6) is 0. The molecule has 1 atom stereocenters. The summed E-state index contributed by atoms with van der Waals surface area (Å²) in [6.45, 7) is 21.3. The number of unbranched alkanes of at least 4 members (excludes halogenated alkanes) is 29. The van der Waals surface area contributed by atoms with Gasteiger partial charge in [0.1, 0.15) is 0 Å². The molecule has 130 heavy (non-hydrogen) atoms. The maximum atomic E-state index is 2.69. The monoisotopic (exact) mass is 1710 g/mol. The third-order valence-corrected chi connectivity index (χ3v) is 32.3. The van der Waals surface area contributed by atoms with Crippen molar-refractivity contribution in [2.75, 3.05) is 0 Å². The number of aryl methyl sites for hydroxylation is 1. The molecule has 4 aliphatic rings. The van der Waals surface area contributed by atoms with Gasteiger partial charge in [0.2, 0.25) is 0 Å². The van der Waals surface area contributed by atoms with Crippen LogP contribution in [0.25, 0.3) is 133 Å². The zero-order valence-corrected chi connectivity index (χ0v) is 81.3. The second kappa shape index (κ2) is 42.8. The van der Waals surface area contributed by atoms with Gasteiger partial charge < -0.3 is 0 Å². The molecule has 0 aromatic heterocycles. The molecular formula is C130H152. The van der Waals surface area contributed by atoms with Crippen LogP contribution in [0.2, 0.25) is 0 Å².